The molecule has 0 saturated heterocycles. The van der Waals surface area contributed by atoms with Gasteiger partial charge in [-0.1, -0.05) is 0 Å². The summed E-state index contributed by atoms with van der Waals surface area (Å²) >= 11 is 0. The predicted octanol–water partition coefficient (Wildman–Crippen LogP) is 1.80. The Bertz CT molecular complexity index is 950. The van der Waals surface area contributed by atoms with Gasteiger partial charge in [0, 0.05) is 18.3 Å². The Hall–Kier alpha value is -3.89. The maximum Gasteiger partial charge on any atom is 0.277 e. The highest BCUT2D eigenvalue weighted by atomic mass is 16.6. The van der Waals surface area contributed by atoms with E-state index in [1.165, 1.54) is 6.33 Å². The molecular weight excluding hydrogens is 320 g/mol. The van der Waals surface area contributed by atoms with E-state index in [9.17, 15) is 25.0 Å². The molecule has 0 bridgehead atoms. The molecule has 120 valence electrons. The van der Waals surface area contributed by atoms with Crippen molar-refractivity contribution in [3.8, 4) is 0 Å². The molecule has 1 N–H and O–H groups in total. The van der Waals surface area contributed by atoms with E-state index in [2.05, 4.69) is 15.5 Å². The minimum Gasteiger partial charge on any atom is -0.321 e. The van der Waals surface area contributed by atoms with Crippen LogP contribution in [0.4, 0.5) is 17.1 Å². The summed E-state index contributed by atoms with van der Waals surface area (Å²) < 4.78 is 1.56. The second-order valence-electron chi connectivity index (χ2n) is 4.72. The molecule has 24 heavy (non-hydrogen) atoms. The zero-order valence-electron chi connectivity index (χ0n) is 11.8. The van der Waals surface area contributed by atoms with Gasteiger partial charge in [-0.3, -0.25) is 29.4 Å². The number of anilines is 1. The van der Waals surface area contributed by atoms with Gasteiger partial charge in [0.15, 0.2) is 5.65 Å². The molecule has 3 aromatic rings. The average molecular weight is 328 g/mol. The third kappa shape index (κ3) is 2.85. The van der Waals surface area contributed by atoms with Gasteiger partial charge in [-0.15, -0.1) is 10.2 Å². The Kier molecular flexibility index (Phi) is 3.58. The summed E-state index contributed by atoms with van der Waals surface area (Å²) in [6.45, 7) is 0. The number of pyridine rings is 1. The van der Waals surface area contributed by atoms with Crippen molar-refractivity contribution < 1.29 is 14.6 Å². The molecule has 11 nitrogen and oxygen atoms in total. The molecule has 2 aromatic heterocycles. The molecule has 0 saturated carbocycles. The fraction of sp³-hybridized carbons (Fsp3) is 0. The SMILES string of the molecule is O=C(Nc1ccc2nncn2c1)c1cc([N+](=O)[O-])cc([N+](=O)[O-])c1. The number of benzene rings is 1. The fourth-order valence-corrected chi connectivity index (χ4v) is 2.04. The van der Waals surface area contributed by atoms with Crippen molar-refractivity contribution >= 4 is 28.6 Å². The van der Waals surface area contributed by atoms with Crippen LogP contribution in [0.1, 0.15) is 10.4 Å². The van der Waals surface area contributed by atoms with Crippen molar-refractivity contribution in [2.24, 2.45) is 0 Å². The van der Waals surface area contributed by atoms with Crippen molar-refractivity contribution in [3.05, 3.63) is 68.6 Å². The van der Waals surface area contributed by atoms with E-state index >= 15 is 0 Å². The van der Waals surface area contributed by atoms with E-state index in [0.717, 1.165) is 18.2 Å². The average Bonchev–Trinajstić information content (AvgIpc) is 3.01. The highest BCUT2D eigenvalue weighted by Gasteiger charge is 2.20. The number of carbonyl (C=O) groups excluding carboxylic acids is 1. The van der Waals surface area contributed by atoms with Crippen LogP contribution < -0.4 is 5.32 Å². The summed E-state index contributed by atoms with van der Waals surface area (Å²) in [6, 6.07) is 5.91. The first-order valence-electron chi connectivity index (χ1n) is 6.48. The molecule has 0 radical (unpaired) electrons. The number of nitrogens with zero attached hydrogens (tertiary/aromatic N) is 5. The van der Waals surface area contributed by atoms with E-state index in [4.69, 9.17) is 0 Å². The van der Waals surface area contributed by atoms with Gasteiger partial charge >= 0.3 is 0 Å². The molecule has 11 heteroatoms. The number of nitrogens with one attached hydrogen (secondary N) is 1. The Morgan fingerprint density at radius 1 is 1.08 bits per heavy atom. The largest absolute Gasteiger partial charge is 0.321 e. The highest BCUT2D eigenvalue weighted by molar-refractivity contribution is 6.05. The lowest BCUT2D eigenvalue weighted by molar-refractivity contribution is -0.394. The molecule has 3 rings (SSSR count). The van der Waals surface area contributed by atoms with Crippen LogP contribution in [-0.4, -0.2) is 30.4 Å². The number of non-ortho nitro benzene ring substituents is 2. The number of fused-ring (bicyclic) bond motifs is 1. The topological polar surface area (TPSA) is 146 Å². The lowest BCUT2D eigenvalue weighted by atomic mass is 10.1. The van der Waals surface area contributed by atoms with Crippen molar-refractivity contribution in [3.63, 3.8) is 0 Å². The molecule has 0 unspecified atom stereocenters. The van der Waals surface area contributed by atoms with Crippen LogP contribution in [0.15, 0.2) is 42.9 Å². The number of rotatable bonds is 4. The molecule has 0 fully saturated rings. The molecule has 1 amide bonds. The molecule has 0 aliphatic heterocycles. The summed E-state index contributed by atoms with van der Waals surface area (Å²) in [7, 11) is 0. The van der Waals surface area contributed by atoms with E-state index in [1.807, 2.05) is 0 Å². The van der Waals surface area contributed by atoms with E-state index < -0.39 is 27.1 Å². The summed E-state index contributed by atoms with van der Waals surface area (Å²) in [4.78, 5) is 32.4. The standard InChI is InChI=1S/C13H8N6O5/c20-13(15-9-1-2-12-16-14-7-17(12)6-9)8-3-10(18(21)22)5-11(4-8)19(23)24/h1-7H,(H,15,20). The van der Waals surface area contributed by atoms with Crippen LogP contribution in [0.2, 0.25) is 0 Å². The van der Waals surface area contributed by atoms with Crippen molar-refractivity contribution in [2.75, 3.05) is 5.32 Å². The first-order valence-corrected chi connectivity index (χ1v) is 6.48. The van der Waals surface area contributed by atoms with Crippen molar-refractivity contribution in [2.45, 2.75) is 0 Å². The van der Waals surface area contributed by atoms with Crippen LogP contribution >= 0.6 is 0 Å². The number of nitro benzene ring substituents is 2. The van der Waals surface area contributed by atoms with Gasteiger partial charge in [0.2, 0.25) is 0 Å². The number of carbonyl (C=O) groups is 1. The number of nitro groups is 2. The Morgan fingerprint density at radius 2 is 1.75 bits per heavy atom. The van der Waals surface area contributed by atoms with E-state index in [0.29, 0.717) is 11.3 Å². The van der Waals surface area contributed by atoms with Crippen LogP contribution in [-0.2, 0) is 0 Å². The first-order chi connectivity index (χ1) is 11.4. The fourth-order valence-electron chi connectivity index (χ4n) is 2.04. The van der Waals surface area contributed by atoms with Gasteiger partial charge in [0.05, 0.1) is 27.2 Å². The summed E-state index contributed by atoms with van der Waals surface area (Å²) in [5.41, 5.74) is -0.326. The molecule has 2 heterocycles. The smallest absolute Gasteiger partial charge is 0.277 e. The monoisotopic (exact) mass is 328 g/mol. The Morgan fingerprint density at radius 3 is 2.38 bits per heavy atom. The second kappa shape index (κ2) is 5.72. The zero-order valence-corrected chi connectivity index (χ0v) is 11.8. The quantitative estimate of drug-likeness (QED) is 0.567. The van der Waals surface area contributed by atoms with Gasteiger partial charge in [-0.2, -0.15) is 0 Å². The molecule has 0 spiro atoms. The summed E-state index contributed by atoms with van der Waals surface area (Å²) in [5, 5.41) is 31.7. The number of aromatic nitrogens is 3. The van der Waals surface area contributed by atoms with Crippen LogP contribution in [0, 0.1) is 20.2 Å². The molecule has 1 aromatic carbocycles. The molecule has 0 aliphatic carbocycles. The molecule has 0 aliphatic rings. The Labute approximate surface area is 132 Å². The summed E-state index contributed by atoms with van der Waals surface area (Å²) in [6.07, 6.45) is 2.97. The molecular formula is C13H8N6O5. The van der Waals surface area contributed by atoms with Crippen molar-refractivity contribution in [1.29, 1.82) is 0 Å². The lowest BCUT2D eigenvalue weighted by Crippen LogP contribution is -2.13. The van der Waals surface area contributed by atoms with Gasteiger partial charge in [0.1, 0.15) is 6.33 Å². The van der Waals surface area contributed by atoms with Crippen molar-refractivity contribution in [1.82, 2.24) is 14.6 Å². The Balaban J connectivity index is 1.93. The molecule has 0 atom stereocenters. The van der Waals surface area contributed by atoms with Crippen LogP contribution in [0.3, 0.4) is 0 Å². The third-order valence-electron chi connectivity index (χ3n) is 3.14. The maximum absolute atomic E-state index is 12.2. The minimum absolute atomic E-state index is 0.195. The first kappa shape index (κ1) is 15.0. The van der Waals surface area contributed by atoms with Gasteiger partial charge < -0.3 is 5.32 Å². The van der Waals surface area contributed by atoms with Gasteiger partial charge in [0.25, 0.3) is 17.3 Å². The van der Waals surface area contributed by atoms with Gasteiger partial charge in [-0.25, -0.2) is 0 Å². The van der Waals surface area contributed by atoms with Gasteiger partial charge in [-0.05, 0) is 12.1 Å². The highest BCUT2D eigenvalue weighted by Crippen LogP contribution is 2.23. The predicted molar refractivity (Wildman–Crippen MR) is 80.7 cm³/mol. The zero-order chi connectivity index (χ0) is 17.3. The summed E-state index contributed by atoms with van der Waals surface area (Å²) in [5.74, 6) is -0.714. The second-order valence-corrected chi connectivity index (χ2v) is 4.72. The number of hydrogen-bond donors (Lipinski definition) is 1. The third-order valence-corrected chi connectivity index (χ3v) is 3.14. The van der Waals surface area contributed by atoms with E-state index in [1.54, 1.807) is 22.7 Å². The van der Waals surface area contributed by atoms with Crippen LogP contribution in [0.25, 0.3) is 5.65 Å². The minimum atomic E-state index is -0.799. The van der Waals surface area contributed by atoms with E-state index in [-0.39, 0.29) is 5.56 Å². The maximum atomic E-state index is 12.2. The normalized spacial score (nSPS) is 10.5. The number of amides is 1. The lowest BCUT2D eigenvalue weighted by Gasteiger charge is -2.06. The number of hydrogen-bond acceptors (Lipinski definition) is 7. The van der Waals surface area contributed by atoms with Crippen LogP contribution in [0.5, 0.6) is 0 Å².